The summed E-state index contributed by atoms with van der Waals surface area (Å²) >= 11 is 6.04. The van der Waals surface area contributed by atoms with Crippen LogP contribution in [-0.2, 0) is 6.42 Å². The molecule has 0 aliphatic rings. The molecular formula is C16H11ClFN. The van der Waals surface area contributed by atoms with Crippen LogP contribution in [0.25, 0.3) is 10.9 Å². The maximum atomic E-state index is 13.0. The number of hydrogen-bond acceptors (Lipinski definition) is 1. The molecule has 0 amide bonds. The van der Waals surface area contributed by atoms with Gasteiger partial charge in [-0.15, -0.1) is 0 Å². The van der Waals surface area contributed by atoms with E-state index in [1.807, 2.05) is 30.3 Å². The van der Waals surface area contributed by atoms with Gasteiger partial charge in [0.05, 0.1) is 5.52 Å². The maximum absolute atomic E-state index is 13.0. The van der Waals surface area contributed by atoms with Gasteiger partial charge in [0.25, 0.3) is 0 Å². The number of hydrogen-bond donors (Lipinski definition) is 0. The Kier molecular flexibility index (Phi) is 3.18. The second-order valence-electron chi connectivity index (χ2n) is 4.44. The molecule has 19 heavy (non-hydrogen) atoms. The Morgan fingerprint density at radius 3 is 2.79 bits per heavy atom. The Bertz CT molecular complexity index is 740. The number of halogens is 2. The van der Waals surface area contributed by atoms with E-state index in [-0.39, 0.29) is 5.82 Å². The van der Waals surface area contributed by atoms with E-state index >= 15 is 0 Å². The van der Waals surface area contributed by atoms with Gasteiger partial charge in [-0.2, -0.15) is 0 Å². The van der Waals surface area contributed by atoms with Crippen LogP contribution in [0.15, 0.2) is 54.7 Å². The first kappa shape index (κ1) is 12.1. The predicted molar refractivity (Wildman–Crippen MR) is 76.0 cm³/mol. The van der Waals surface area contributed by atoms with Gasteiger partial charge in [-0.05, 0) is 41.8 Å². The summed E-state index contributed by atoms with van der Waals surface area (Å²) in [6, 6.07) is 14.6. The molecule has 1 aromatic heterocycles. The quantitative estimate of drug-likeness (QED) is 0.663. The lowest BCUT2D eigenvalue weighted by molar-refractivity contribution is 0.627. The molecule has 1 nitrogen and oxygen atoms in total. The lowest BCUT2D eigenvalue weighted by Crippen LogP contribution is -1.91. The number of fused-ring (bicyclic) bond motifs is 1. The molecule has 0 saturated heterocycles. The molecule has 0 spiro atoms. The molecule has 0 bridgehead atoms. The van der Waals surface area contributed by atoms with Crippen molar-refractivity contribution in [3.63, 3.8) is 0 Å². The fraction of sp³-hybridized carbons (Fsp3) is 0.0625. The molecule has 0 aliphatic carbocycles. The van der Waals surface area contributed by atoms with Crippen LogP contribution < -0.4 is 0 Å². The number of nitrogens with zero attached hydrogens (tertiary/aromatic N) is 1. The molecule has 2 aromatic carbocycles. The zero-order chi connectivity index (χ0) is 13.2. The van der Waals surface area contributed by atoms with E-state index in [9.17, 15) is 4.39 Å². The summed E-state index contributed by atoms with van der Waals surface area (Å²) < 4.78 is 13.0. The summed E-state index contributed by atoms with van der Waals surface area (Å²) in [4.78, 5) is 4.33. The lowest BCUT2D eigenvalue weighted by atomic mass is 10.0. The second-order valence-corrected chi connectivity index (χ2v) is 4.85. The van der Waals surface area contributed by atoms with E-state index in [1.165, 1.54) is 12.1 Å². The SMILES string of the molecule is Fc1ccc(Cc2ccc3cccnc3c2)c(Cl)c1. The molecule has 3 aromatic rings. The summed E-state index contributed by atoms with van der Waals surface area (Å²) in [6.07, 6.45) is 2.45. The smallest absolute Gasteiger partial charge is 0.124 e. The normalized spacial score (nSPS) is 10.8. The molecule has 3 heteroatoms. The highest BCUT2D eigenvalue weighted by Gasteiger charge is 2.04. The van der Waals surface area contributed by atoms with Gasteiger partial charge in [-0.25, -0.2) is 4.39 Å². The molecule has 0 N–H and O–H groups in total. The zero-order valence-corrected chi connectivity index (χ0v) is 10.9. The van der Waals surface area contributed by atoms with E-state index in [4.69, 9.17) is 11.6 Å². The molecule has 0 fully saturated rings. The van der Waals surface area contributed by atoms with E-state index in [0.717, 1.165) is 22.0 Å². The minimum Gasteiger partial charge on any atom is -0.256 e. The van der Waals surface area contributed by atoms with Gasteiger partial charge in [0, 0.05) is 16.6 Å². The van der Waals surface area contributed by atoms with Crippen LogP contribution in [0.5, 0.6) is 0 Å². The van der Waals surface area contributed by atoms with Crippen molar-refractivity contribution in [2.75, 3.05) is 0 Å². The van der Waals surface area contributed by atoms with Gasteiger partial charge < -0.3 is 0 Å². The third kappa shape index (κ3) is 2.59. The van der Waals surface area contributed by atoms with Crippen LogP contribution in [0.1, 0.15) is 11.1 Å². The largest absolute Gasteiger partial charge is 0.256 e. The standard InChI is InChI=1S/C16H11ClFN/c17-15-10-14(18)6-5-13(15)8-11-3-4-12-2-1-7-19-16(12)9-11/h1-7,9-10H,8H2. The summed E-state index contributed by atoms with van der Waals surface area (Å²) in [5.41, 5.74) is 2.98. The topological polar surface area (TPSA) is 12.9 Å². The highest BCUT2D eigenvalue weighted by atomic mass is 35.5. The van der Waals surface area contributed by atoms with Gasteiger partial charge in [-0.1, -0.05) is 35.9 Å². The van der Waals surface area contributed by atoms with Crippen molar-refractivity contribution >= 4 is 22.5 Å². The highest BCUT2D eigenvalue weighted by Crippen LogP contribution is 2.22. The van der Waals surface area contributed by atoms with Crippen LogP contribution >= 0.6 is 11.6 Å². The monoisotopic (exact) mass is 271 g/mol. The number of aromatic nitrogens is 1. The molecule has 1 heterocycles. The Labute approximate surface area is 115 Å². The molecule has 0 atom stereocenters. The number of benzene rings is 2. The minimum absolute atomic E-state index is 0.311. The van der Waals surface area contributed by atoms with Gasteiger partial charge in [0.1, 0.15) is 5.82 Å². The van der Waals surface area contributed by atoms with Crippen LogP contribution in [0.3, 0.4) is 0 Å². The van der Waals surface area contributed by atoms with Gasteiger partial charge in [0.2, 0.25) is 0 Å². The summed E-state index contributed by atoms with van der Waals surface area (Å²) in [5.74, 6) is -0.311. The summed E-state index contributed by atoms with van der Waals surface area (Å²) in [7, 11) is 0. The summed E-state index contributed by atoms with van der Waals surface area (Å²) in [6.45, 7) is 0. The highest BCUT2D eigenvalue weighted by molar-refractivity contribution is 6.31. The Hall–Kier alpha value is -1.93. The molecule has 0 aliphatic heterocycles. The molecular weight excluding hydrogens is 261 g/mol. The summed E-state index contributed by atoms with van der Waals surface area (Å²) in [5, 5.41) is 1.57. The number of pyridine rings is 1. The molecule has 94 valence electrons. The van der Waals surface area contributed by atoms with Crippen molar-refractivity contribution in [2.24, 2.45) is 0 Å². The maximum Gasteiger partial charge on any atom is 0.124 e. The average molecular weight is 272 g/mol. The van der Waals surface area contributed by atoms with E-state index < -0.39 is 0 Å². The third-order valence-corrected chi connectivity index (χ3v) is 3.43. The van der Waals surface area contributed by atoms with Crippen molar-refractivity contribution in [2.45, 2.75) is 6.42 Å². The van der Waals surface area contributed by atoms with Crippen LogP contribution in [0.2, 0.25) is 5.02 Å². The first-order chi connectivity index (χ1) is 9.22. The first-order valence-corrected chi connectivity index (χ1v) is 6.38. The fourth-order valence-electron chi connectivity index (χ4n) is 2.11. The van der Waals surface area contributed by atoms with E-state index in [0.29, 0.717) is 11.4 Å². The molecule has 0 radical (unpaired) electrons. The Morgan fingerprint density at radius 2 is 1.95 bits per heavy atom. The fourth-order valence-corrected chi connectivity index (χ4v) is 2.34. The van der Waals surface area contributed by atoms with Crippen LogP contribution in [0, 0.1) is 5.82 Å². The van der Waals surface area contributed by atoms with E-state index in [2.05, 4.69) is 4.98 Å². The third-order valence-electron chi connectivity index (χ3n) is 3.08. The van der Waals surface area contributed by atoms with Crippen molar-refractivity contribution in [1.82, 2.24) is 4.98 Å². The van der Waals surface area contributed by atoms with Gasteiger partial charge in [0.15, 0.2) is 0 Å². The minimum atomic E-state index is -0.311. The van der Waals surface area contributed by atoms with Crippen molar-refractivity contribution in [3.05, 3.63) is 76.7 Å². The van der Waals surface area contributed by atoms with Crippen molar-refractivity contribution in [1.29, 1.82) is 0 Å². The Morgan fingerprint density at radius 1 is 1.05 bits per heavy atom. The average Bonchev–Trinajstić information content (AvgIpc) is 2.42. The number of rotatable bonds is 2. The van der Waals surface area contributed by atoms with E-state index in [1.54, 1.807) is 12.3 Å². The Balaban J connectivity index is 1.96. The molecule has 0 saturated carbocycles. The predicted octanol–water partition coefficient (Wildman–Crippen LogP) is 4.62. The van der Waals surface area contributed by atoms with Crippen molar-refractivity contribution in [3.8, 4) is 0 Å². The lowest BCUT2D eigenvalue weighted by Gasteiger charge is -2.06. The molecule has 0 unspecified atom stereocenters. The van der Waals surface area contributed by atoms with Crippen LogP contribution in [-0.4, -0.2) is 4.98 Å². The second kappa shape index (κ2) is 4.98. The van der Waals surface area contributed by atoms with Crippen molar-refractivity contribution < 1.29 is 4.39 Å². The zero-order valence-electron chi connectivity index (χ0n) is 10.1. The molecule has 3 rings (SSSR count). The van der Waals surface area contributed by atoms with Gasteiger partial charge >= 0.3 is 0 Å². The van der Waals surface area contributed by atoms with Gasteiger partial charge in [-0.3, -0.25) is 4.98 Å². The van der Waals surface area contributed by atoms with Crippen LogP contribution in [0.4, 0.5) is 4.39 Å². The first-order valence-electron chi connectivity index (χ1n) is 6.00.